The molecule has 1 aliphatic rings. The molecule has 0 radical (unpaired) electrons. The lowest BCUT2D eigenvalue weighted by atomic mass is 9.97. The molecule has 170 valence electrons. The van der Waals surface area contributed by atoms with Crippen LogP contribution in [0.2, 0.25) is 0 Å². The summed E-state index contributed by atoms with van der Waals surface area (Å²) in [5.74, 6) is 0.178. The van der Waals surface area contributed by atoms with E-state index < -0.39 is 0 Å². The predicted octanol–water partition coefficient (Wildman–Crippen LogP) is 2.78. The van der Waals surface area contributed by atoms with Crippen LogP contribution in [-0.2, 0) is 11.8 Å². The van der Waals surface area contributed by atoms with Gasteiger partial charge in [-0.15, -0.1) is 5.10 Å². The Morgan fingerprint density at radius 3 is 2.53 bits per heavy atom. The first-order chi connectivity index (χ1) is 15.6. The number of nitrogens with zero attached hydrogens (tertiary/aromatic N) is 6. The third kappa shape index (κ3) is 4.79. The van der Waals surface area contributed by atoms with E-state index in [9.17, 15) is 9.59 Å². The van der Waals surface area contributed by atoms with Crippen LogP contribution in [-0.4, -0.2) is 47.3 Å². The first-order valence-corrected chi connectivity index (χ1v) is 12.1. The number of nitrogens with one attached hydrogen (secondary N) is 1. The average Bonchev–Trinajstić information content (AvgIpc) is 3.31. The molecule has 1 amide bonds. The van der Waals surface area contributed by atoms with Gasteiger partial charge in [-0.3, -0.25) is 14.3 Å². The zero-order valence-corrected chi connectivity index (χ0v) is 19.3. The fourth-order valence-electron chi connectivity index (χ4n) is 4.21. The van der Waals surface area contributed by atoms with Crippen LogP contribution < -0.4 is 10.9 Å². The second kappa shape index (κ2) is 10.2. The molecule has 2 heterocycles. The summed E-state index contributed by atoms with van der Waals surface area (Å²) >= 11 is 1.24. The van der Waals surface area contributed by atoms with Crippen molar-refractivity contribution in [2.45, 2.75) is 63.1 Å². The summed E-state index contributed by atoms with van der Waals surface area (Å²) < 4.78 is 4.80. The van der Waals surface area contributed by atoms with Crippen molar-refractivity contribution in [2.75, 3.05) is 5.75 Å². The van der Waals surface area contributed by atoms with Gasteiger partial charge in [-0.05, 0) is 42.3 Å². The summed E-state index contributed by atoms with van der Waals surface area (Å²) in [7, 11) is 1.83. The maximum atomic E-state index is 13.3. The van der Waals surface area contributed by atoms with E-state index in [1.54, 1.807) is 9.36 Å². The van der Waals surface area contributed by atoms with Crippen LogP contribution >= 0.6 is 11.8 Å². The third-order valence-corrected chi connectivity index (χ3v) is 6.90. The minimum atomic E-state index is -0.218. The summed E-state index contributed by atoms with van der Waals surface area (Å²) in [6.07, 6.45) is 8.19. The fourth-order valence-corrected chi connectivity index (χ4v) is 4.90. The Hall–Kier alpha value is -2.88. The highest BCUT2D eigenvalue weighted by atomic mass is 32.2. The van der Waals surface area contributed by atoms with E-state index in [0.717, 1.165) is 37.1 Å². The van der Waals surface area contributed by atoms with E-state index in [1.165, 1.54) is 35.7 Å². The quantitative estimate of drug-likeness (QED) is 0.574. The Morgan fingerprint density at radius 1 is 1.12 bits per heavy atom. The first-order valence-electron chi connectivity index (χ1n) is 11.1. The van der Waals surface area contributed by atoms with Crippen LogP contribution in [0.5, 0.6) is 0 Å². The number of carbonyl (C=O) groups is 1. The van der Waals surface area contributed by atoms with Gasteiger partial charge in [0.1, 0.15) is 0 Å². The molecule has 9 nitrogen and oxygen atoms in total. The average molecular weight is 456 g/mol. The second-order valence-corrected chi connectivity index (χ2v) is 9.12. The SMILES string of the molecule is Cc1c(-n2nnnc2SCC(=O)NC2CCCCCCC2)c(=O)n(-c2ccccc2)n1C. The van der Waals surface area contributed by atoms with Crippen LogP contribution in [0.3, 0.4) is 0 Å². The summed E-state index contributed by atoms with van der Waals surface area (Å²) in [6, 6.07) is 9.67. The normalized spacial score (nSPS) is 15.3. The van der Waals surface area contributed by atoms with Crippen LogP contribution in [0.1, 0.15) is 50.6 Å². The van der Waals surface area contributed by atoms with Crippen molar-refractivity contribution >= 4 is 17.7 Å². The molecule has 10 heteroatoms. The molecule has 1 fully saturated rings. The number of hydrogen-bond acceptors (Lipinski definition) is 6. The minimum Gasteiger partial charge on any atom is -0.353 e. The number of tetrazole rings is 1. The van der Waals surface area contributed by atoms with E-state index in [4.69, 9.17) is 0 Å². The van der Waals surface area contributed by atoms with Crippen LogP contribution in [0.25, 0.3) is 11.4 Å². The number of thioether (sulfide) groups is 1. The van der Waals surface area contributed by atoms with Gasteiger partial charge < -0.3 is 5.32 Å². The van der Waals surface area contributed by atoms with Crippen molar-refractivity contribution in [1.29, 1.82) is 0 Å². The molecule has 0 aliphatic heterocycles. The maximum absolute atomic E-state index is 13.3. The van der Waals surface area contributed by atoms with Crippen LogP contribution in [0.15, 0.2) is 40.3 Å². The molecule has 0 saturated heterocycles. The molecular weight excluding hydrogens is 426 g/mol. The highest BCUT2D eigenvalue weighted by Gasteiger charge is 2.22. The van der Waals surface area contributed by atoms with E-state index in [2.05, 4.69) is 20.8 Å². The maximum Gasteiger partial charge on any atom is 0.297 e. The molecule has 0 spiro atoms. The lowest BCUT2D eigenvalue weighted by molar-refractivity contribution is -0.119. The Morgan fingerprint density at radius 2 is 1.81 bits per heavy atom. The number of para-hydroxylation sites is 1. The van der Waals surface area contributed by atoms with Crippen molar-refractivity contribution in [3.8, 4) is 11.4 Å². The van der Waals surface area contributed by atoms with Crippen molar-refractivity contribution in [3.63, 3.8) is 0 Å². The van der Waals surface area contributed by atoms with Crippen molar-refractivity contribution in [3.05, 3.63) is 46.4 Å². The number of aromatic nitrogens is 6. The zero-order chi connectivity index (χ0) is 22.5. The molecule has 2 aromatic heterocycles. The predicted molar refractivity (Wildman–Crippen MR) is 123 cm³/mol. The molecular formula is C22H29N7O2S. The Labute approximate surface area is 191 Å². The van der Waals surface area contributed by atoms with Crippen LogP contribution in [0, 0.1) is 6.92 Å². The molecule has 3 aromatic rings. The van der Waals surface area contributed by atoms with Gasteiger partial charge in [0.05, 0.1) is 17.1 Å². The lowest BCUT2D eigenvalue weighted by Gasteiger charge is -2.20. The van der Waals surface area contributed by atoms with Gasteiger partial charge in [0.15, 0.2) is 5.69 Å². The van der Waals surface area contributed by atoms with Gasteiger partial charge in [0.25, 0.3) is 5.56 Å². The molecule has 0 unspecified atom stereocenters. The standard InChI is InChI=1S/C22H29N7O2S/c1-16-20(21(31)29(27(16)2)18-13-9-6-10-14-18)28-22(24-25-26-28)32-15-19(30)23-17-11-7-4-3-5-8-12-17/h6,9-10,13-14,17H,3-5,7-8,11-12,15H2,1-2H3,(H,23,30). The molecule has 0 atom stereocenters. The van der Waals surface area contributed by atoms with Gasteiger partial charge in [-0.2, -0.15) is 4.68 Å². The first kappa shape index (κ1) is 22.3. The number of hydrogen-bond donors (Lipinski definition) is 1. The highest BCUT2D eigenvalue weighted by Crippen LogP contribution is 2.21. The minimum absolute atomic E-state index is 0.0263. The summed E-state index contributed by atoms with van der Waals surface area (Å²) in [5.41, 5.74) is 1.65. The van der Waals surface area contributed by atoms with Gasteiger partial charge in [-0.25, -0.2) is 4.68 Å². The summed E-state index contributed by atoms with van der Waals surface area (Å²) in [5, 5.41) is 15.4. The topological polar surface area (TPSA) is 99.6 Å². The molecule has 0 bridgehead atoms. The van der Waals surface area contributed by atoms with E-state index in [-0.39, 0.29) is 23.3 Å². The van der Waals surface area contributed by atoms with Crippen LogP contribution in [0.4, 0.5) is 0 Å². The molecule has 1 aromatic carbocycles. The smallest absolute Gasteiger partial charge is 0.297 e. The lowest BCUT2D eigenvalue weighted by Crippen LogP contribution is -2.36. The van der Waals surface area contributed by atoms with E-state index in [1.807, 2.05) is 44.3 Å². The number of benzene rings is 1. The largest absolute Gasteiger partial charge is 0.353 e. The zero-order valence-electron chi connectivity index (χ0n) is 18.5. The third-order valence-electron chi connectivity index (χ3n) is 5.98. The number of carbonyl (C=O) groups excluding carboxylic acids is 1. The van der Waals surface area contributed by atoms with Crippen molar-refractivity contribution in [2.24, 2.45) is 7.05 Å². The van der Waals surface area contributed by atoms with Gasteiger partial charge in [0.2, 0.25) is 11.1 Å². The summed E-state index contributed by atoms with van der Waals surface area (Å²) in [6.45, 7) is 1.85. The van der Waals surface area contributed by atoms with Gasteiger partial charge in [0, 0.05) is 13.1 Å². The second-order valence-electron chi connectivity index (χ2n) is 8.18. The van der Waals surface area contributed by atoms with E-state index >= 15 is 0 Å². The molecule has 32 heavy (non-hydrogen) atoms. The van der Waals surface area contributed by atoms with Gasteiger partial charge >= 0.3 is 0 Å². The van der Waals surface area contributed by atoms with Crippen molar-refractivity contribution < 1.29 is 4.79 Å². The fraction of sp³-hybridized carbons (Fsp3) is 0.500. The Kier molecular flexibility index (Phi) is 7.09. The molecule has 4 rings (SSSR count). The summed E-state index contributed by atoms with van der Waals surface area (Å²) in [4.78, 5) is 25.8. The molecule has 1 saturated carbocycles. The monoisotopic (exact) mass is 455 g/mol. The molecule has 1 N–H and O–H groups in total. The number of amides is 1. The Balaban J connectivity index is 1.50. The number of rotatable bonds is 6. The van der Waals surface area contributed by atoms with E-state index in [0.29, 0.717) is 10.8 Å². The Bertz CT molecular complexity index is 1110. The molecule has 1 aliphatic carbocycles. The highest BCUT2D eigenvalue weighted by molar-refractivity contribution is 7.99. The van der Waals surface area contributed by atoms with Gasteiger partial charge in [-0.1, -0.05) is 62.1 Å². The van der Waals surface area contributed by atoms with Crippen molar-refractivity contribution in [1.82, 2.24) is 34.9 Å².